The van der Waals surface area contributed by atoms with E-state index in [0.29, 0.717) is 144 Å². The molecule has 0 fully saturated rings. The molecule has 16 nitrogen and oxygen atoms in total. The lowest BCUT2D eigenvalue weighted by Gasteiger charge is -2.20. The highest BCUT2D eigenvalue weighted by Crippen LogP contribution is 2.45. The van der Waals surface area contributed by atoms with Crippen LogP contribution in [-0.2, 0) is 92.5 Å². The summed E-state index contributed by atoms with van der Waals surface area (Å²) in [5, 5.41) is 20.9. The predicted octanol–water partition coefficient (Wildman–Crippen LogP) is 29.9. The zero-order chi connectivity index (χ0) is 97.5. The molecule has 16 heteroatoms. The molecule has 19 aromatic carbocycles. The Kier molecular flexibility index (Phi) is 31.7. The molecule has 0 aliphatic carbocycles. The Balaban J connectivity index is 0.688. The van der Waals surface area contributed by atoms with Crippen molar-refractivity contribution in [3.8, 4) is 136 Å². The van der Waals surface area contributed by atoms with Crippen molar-refractivity contribution in [3.63, 3.8) is 0 Å². The molecule has 2 N–H and O–H groups in total. The second-order valence-corrected chi connectivity index (χ2v) is 34.9. The molecule has 0 amide bonds. The fourth-order valence-corrected chi connectivity index (χ4v) is 16.4. The maximum Gasteiger partial charge on any atom is 0.128 e. The molecule has 0 aromatic heterocycles. The van der Waals surface area contributed by atoms with E-state index in [0.717, 1.165) is 111 Å². The van der Waals surface area contributed by atoms with Gasteiger partial charge in [0, 0.05) is 47.5 Å². The fraction of sp³-hybridized carbons (Fsp3) is 0.109. The molecule has 0 spiro atoms. The molecule has 0 atom stereocenters. The zero-order valence-corrected chi connectivity index (χ0v) is 79.4. The molecule has 0 bridgehead atoms. The quantitative estimate of drug-likeness (QED) is 0.0369. The monoisotopic (exact) mass is 1900 g/mol. The second kappa shape index (κ2) is 48.0. The van der Waals surface area contributed by atoms with Crippen LogP contribution in [0.2, 0.25) is 0 Å². The summed E-state index contributed by atoms with van der Waals surface area (Å²) in [7, 11) is 0. The van der Waals surface area contributed by atoms with Crippen LogP contribution in [0.3, 0.4) is 0 Å². The van der Waals surface area contributed by atoms with E-state index in [2.05, 4.69) is 48.5 Å². The van der Waals surface area contributed by atoms with Gasteiger partial charge in [0.1, 0.15) is 184 Å². The third kappa shape index (κ3) is 27.7. The first-order valence-electron chi connectivity index (χ1n) is 47.9. The number of phenols is 2. The van der Waals surface area contributed by atoms with Crippen molar-refractivity contribution >= 4 is 0 Å². The van der Waals surface area contributed by atoms with E-state index in [4.69, 9.17) is 66.3 Å². The van der Waals surface area contributed by atoms with Crippen LogP contribution in [0.4, 0.5) is 0 Å². The summed E-state index contributed by atoms with van der Waals surface area (Å²) in [6.45, 7) is 3.20. The van der Waals surface area contributed by atoms with Crippen molar-refractivity contribution in [1.82, 2.24) is 0 Å². The van der Waals surface area contributed by atoms with Gasteiger partial charge in [-0.2, -0.15) is 0 Å². The van der Waals surface area contributed by atoms with Crippen LogP contribution < -0.4 is 66.3 Å². The molecule has 0 aliphatic heterocycles. The summed E-state index contributed by atoms with van der Waals surface area (Å²) in [6.07, 6.45) is 0. The molecular formula is C128H106O16. The average Bonchev–Trinajstić information content (AvgIpc) is 0.777. The van der Waals surface area contributed by atoms with Gasteiger partial charge in [0.15, 0.2) is 0 Å². The first-order chi connectivity index (χ1) is 71.0. The average molecular weight is 1900 g/mol. The molecule has 0 saturated carbocycles. The van der Waals surface area contributed by atoms with Gasteiger partial charge in [-0.1, -0.05) is 315 Å². The van der Waals surface area contributed by atoms with Gasteiger partial charge in [-0.3, -0.25) is 0 Å². The Morgan fingerprint density at radius 1 is 0.118 bits per heavy atom. The summed E-state index contributed by atoms with van der Waals surface area (Å²) < 4.78 is 94.8. The third-order valence-corrected chi connectivity index (χ3v) is 23.9. The number of phenolic OH excluding ortho intramolecular Hbond substituents is 2. The minimum absolute atomic E-state index is 0.0157. The van der Waals surface area contributed by atoms with Crippen molar-refractivity contribution < 1.29 is 76.5 Å². The molecule has 0 aliphatic rings. The van der Waals surface area contributed by atoms with Gasteiger partial charge in [-0.15, -0.1) is 0 Å². The molecular weight excluding hydrogens is 1790 g/mol. The molecule has 144 heavy (non-hydrogen) atoms. The van der Waals surface area contributed by atoms with Gasteiger partial charge in [0.25, 0.3) is 0 Å². The zero-order valence-electron chi connectivity index (χ0n) is 79.4. The van der Waals surface area contributed by atoms with E-state index in [1.165, 1.54) is 0 Å². The highest BCUT2D eigenvalue weighted by Gasteiger charge is 2.22. The Morgan fingerprint density at radius 3 is 0.410 bits per heavy atom. The Hall–Kier alpha value is -18.0. The van der Waals surface area contributed by atoms with Crippen molar-refractivity contribution in [2.24, 2.45) is 0 Å². The maximum atomic E-state index is 10.5. The molecule has 0 radical (unpaired) electrons. The number of hydrogen-bond donors (Lipinski definition) is 2. The normalized spacial score (nSPS) is 10.9. The van der Waals surface area contributed by atoms with Crippen molar-refractivity contribution in [2.75, 3.05) is 0 Å². The van der Waals surface area contributed by atoms with Gasteiger partial charge in [0.05, 0.1) is 0 Å². The van der Waals surface area contributed by atoms with Gasteiger partial charge in [-0.25, -0.2) is 0 Å². The highest BCUT2D eigenvalue weighted by atomic mass is 16.5. The van der Waals surface area contributed by atoms with Crippen molar-refractivity contribution in [3.05, 3.63) is 539 Å². The van der Waals surface area contributed by atoms with Crippen molar-refractivity contribution in [2.45, 2.75) is 92.5 Å². The summed E-state index contributed by atoms with van der Waals surface area (Å²) in [4.78, 5) is 0. The minimum atomic E-state index is 0.0157. The number of benzene rings is 19. The lowest BCUT2D eigenvalue weighted by Crippen LogP contribution is -2.05. The van der Waals surface area contributed by atoms with E-state index < -0.39 is 0 Å². The lowest BCUT2D eigenvalue weighted by atomic mass is 9.95. The van der Waals surface area contributed by atoms with Gasteiger partial charge < -0.3 is 76.5 Å². The third-order valence-electron chi connectivity index (χ3n) is 23.9. The SMILES string of the molecule is Oc1ccc(-c2ccc(-c3cc(OCc4cc(OCc5cc(OCc6ccccc6)cc(OCc6ccccc6)c5)cc(OCc5cc(OCc6ccccc6)cc(OCc6ccccc6)c5)c4)c(-c4ccc(-c5ccc(O)cc5)cc4)cc3OCc3cc(OCc4cc(OCc5ccccc5)cc(OCc5ccccc5)c4)cc(OCc4cc(OCc5ccccc5)cc(OCc5ccccc5)c4)c3)cc2)cc1. The molecule has 19 rings (SSSR count). The van der Waals surface area contributed by atoms with Crippen LogP contribution >= 0.6 is 0 Å². The second-order valence-electron chi connectivity index (χ2n) is 34.9. The van der Waals surface area contributed by atoms with E-state index in [-0.39, 0.29) is 51.1 Å². The van der Waals surface area contributed by atoms with Crippen LogP contribution in [0.5, 0.6) is 92.0 Å². The van der Waals surface area contributed by atoms with E-state index in [9.17, 15) is 10.2 Å². The standard InChI is InChI=1S/C128H106O16/c129-111-53-49-107(50-54-111)105-41-45-109(46-42-105)125-76-128(144-90-104-67-123(141-87-101-61-117(135-81-95-33-17-5-18-34-95)71-118(62-101)136-82-96-35-19-6-20-36-96)74-124(68-104)142-88-102-63-119(137-83-97-37-21-7-22-38-97)72-120(64-102)138-84-98-39-23-8-24-40-98)126(110-47-43-106(44-48-110)108-51-55-112(130)56-52-108)75-127(125)143-89-103-65-121(139-85-99-57-113(131-77-91-25-9-1-10-26-91)69-114(58-99)132-78-92-27-11-2-12-28-92)73-122(66-103)140-86-100-59-115(133-79-93-29-13-3-14-30-93)70-116(60-100)134-80-94-31-15-4-16-32-94/h1-76,129-130H,77-90H2. The molecule has 714 valence electrons. The van der Waals surface area contributed by atoms with Crippen LogP contribution in [0, 0.1) is 0 Å². The van der Waals surface area contributed by atoms with E-state index in [1.54, 1.807) is 24.3 Å². The molecule has 19 aromatic rings. The molecule has 0 heterocycles. The van der Waals surface area contributed by atoms with Crippen LogP contribution in [0.25, 0.3) is 44.5 Å². The Labute approximate surface area is 839 Å². The number of hydrogen-bond acceptors (Lipinski definition) is 16. The van der Waals surface area contributed by atoms with Gasteiger partial charge in [0.2, 0.25) is 0 Å². The van der Waals surface area contributed by atoms with Gasteiger partial charge in [-0.05, 0) is 220 Å². The van der Waals surface area contributed by atoms with Crippen molar-refractivity contribution in [1.29, 1.82) is 0 Å². The largest absolute Gasteiger partial charge is 0.508 e. The maximum absolute atomic E-state index is 10.5. The first-order valence-corrected chi connectivity index (χ1v) is 47.9. The molecule has 0 unspecified atom stereocenters. The first kappa shape index (κ1) is 94.9. The summed E-state index contributed by atoms with van der Waals surface area (Å²) in [5.74, 6) is 8.30. The van der Waals surface area contributed by atoms with Crippen LogP contribution in [0.1, 0.15) is 77.9 Å². The van der Waals surface area contributed by atoms with Gasteiger partial charge >= 0.3 is 0 Å². The number of ether oxygens (including phenoxy) is 14. The summed E-state index contributed by atoms with van der Waals surface area (Å²) >= 11 is 0. The Bertz CT molecular complexity index is 6330. The number of rotatable bonds is 46. The van der Waals surface area contributed by atoms with E-state index in [1.807, 2.05) is 388 Å². The van der Waals surface area contributed by atoms with Crippen LogP contribution in [-0.4, -0.2) is 10.2 Å². The fourth-order valence-electron chi connectivity index (χ4n) is 16.4. The summed E-state index contributed by atoms with van der Waals surface area (Å²) in [6, 6.07) is 151. The summed E-state index contributed by atoms with van der Waals surface area (Å²) in [5.41, 5.74) is 19.5. The van der Waals surface area contributed by atoms with E-state index >= 15 is 0 Å². The smallest absolute Gasteiger partial charge is 0.128 e. The molecule has 0 saturated heterocycles. The highest BCUT2D eigenvalue weighted by molar-refractivity contribution is 5.83. The predicted molar refractivity (Wildman–Crippen MR) is 562 cm³/mol. The minimum Gasteiger partial charge on any atom is -0.508 e. The Morgan fingerprint density at radius 2 is 0.250 bits per heavy atom. The lowest BCUT2D eigenvalue weighted by molar-refractivity contribution is 0.272. The van der Waals surface area contributed by atoms with Crippen LogP contribution in [0.15, 0.2) is 461 Å². The topological polar surface area (TPSA) is 170 Å². The number of aromatic hydroxyl groups is 2.